The molecule has 26 heavy (non-hydrogen) atoms. The van der Waals surface area contributed by atoms with E-state index >= 15 is 0 Å². The number of imide groups is 1. The van der Waals surface area contributed by atoms with Crippen LogP contribution in [0.15, 0.2) is 41.4 Å². The molecule has 2 fully saturated rings. The third-order valence-corrected chi connectivity index (χ3v) is 5.15. The summed E-state index contributed by atoms with van der Waals surface area (Å²) >= 11 is 0. The average Bonchev–Trinajstić information content (AvgIpc) is 3.16. The highest BCUT2D eigenvalue weighted by Crippen LogP contribution is 2.33. The van der Waals surface area contributed by atoms with E-state index in [4.69, 9.17) is 4.99 Å². The molecule has 136 valence electrons. The Hall–Kier alpha value is -2.83. The van der Waals surface area contributed by atoms with Crippen LogP contribution in [0.2, 0.25) is 0 Å². The van der Waals surface area contributed by atoms with Gasteiger partial charge in [0, 0.05) is 25.8 Å². The number of aryl methyl sites for hydroxylation is 1. The largest absolute Gasteiger partial charge is 0.328 e. The van der Waals surface area contributed by atoms with Crippen LogP contribution in [0.1, 0.15) is 12.5 Å². The van der Waals surface area contributed by atoms with E-state index in [0.717, 1.165) is 23.8 Å². The number of carbonyl (C=O) groups excluding carboxylic acids is 2. The number of hydrogen-bond donors (Lipinski definition) is 0. The molecule has 3 heterocycles. The number of amides is 3. The van der Waals surface area contributed by atoms with Crippen LogP contribution in [0, 0.1) is 6.92 Å². The molecule has 1 aromatic carbocycles. The molecule has 3 aliphatic rings. The Kier molecular flexibility index (Phi) is 3.75. The maximum absolute atomic E-state index is 13.0. The summed E-state index contributed by atoms with van der Waals surface area (Å²) in [5.41, 5.74) is 3.03. The second-order valence-electron chi connectivity index (χ2n) is 7.24. The Balaban J connectivity index is 1.66. The molecule has 0 radical (unpaired) electrons. The van der Waals surface area contributed by atoms with Gasteiger partial charge in [0.1, 0.15) is 0 Å². The van der Waals surface area contributed by atoms with Crippen LogP contribution in [0.25, 0.3) is 0 Å². The molecular weight excluding hydrogens is 330 g/mol. The molecule has 2 unspecified atom stereocenters. The van der Waals surface area contributed by atoms with Gasteiger partial charge in [-0.2, -0.15) is 0 Å². The Labute approximate surface area is 153 Å². The Morgan fingerprint density at radius 1 is 1.23 bits per heavy atom. The van der Waals surface area contributed by atoms with Crippen LogP contribution in [0.3, 0.4) is 0 Å². The van der Waals surface area contributed by atoms with Crippen LogP contribution in [0.5, 0.6) is 0 Å². The summed E-state index contributed by atoms with van der Waals surface area (Å²) in [6.45, 7) is 9.44. The number of anilines is 1. The SMILES string of the molecule is C=C(C)CN1C(=O)C2C(N=C3N(c4ccc(C)cc4)CCN32)N(C)C1=O. The minimum absolute atomic E-state index is 0.189. The monoisotopic (exact) mass is 353 g/mol. The molecule has 3 amide bonds. The minimum atomic E-state index is -0.473. The van der Waals surface area contributed by atoms with Crippen molar-refractivity contribution >= 4 is 23.6 Å². The van der Waals surface area contributed by atoms with E-state index in [1.54, 1.807) is 11.9 Å². The first-order valence-electron chi connectivity index (χ1n) is 8.79. The van der Waals surface area contributed by atoms with E-state index in [2.05, 4.69) is 42.7 Å². The lowest BCUT2D eigenvalue weighted by Gasteiger charge is -2.40. The van der Waals surface area contributed by atoms with Crippen molar-refractivity contribution in [3.05, 3.63) is 42.0 Å². The van der Waals surface area contributed by atoms with Gasteiger partial charge in [-0.3, -0.25) is 9.69 Å². The molecule has 3 aliphatic heterocycles. The van der Waals surface area contributed by atoms with Crippen molar-refractivity contribution in [2.45, 2.75) is 26.1 Å². The highest BCUT2D eigenvalue weighted by Gasteiger charge is 2.54. The van der Waals surface area contributed by atoms with Gasteiger partial charge >= 0.3 is 6.03 Å². The maximum Gasteiger partial charge on any atom is 0.328 e. The van der Waals surface area contributed by atoms with Crippen molar-refractivity contribution in [1.29, 1.82) is 0 Å². The fraction of sp³-hybridized carbons (Fsp3) is 0.421. The molecule has 0 aliphatic carbocycles. The second kappa shape index (κ2) is 5.86. The summed E-state index contributed by atoms with van der Waals surface area (Å²) in [5, 5.41) is 0. The molecule has 0 N–H and O–H groups in total. The maximum atomic E-state index is 13.0. The van der Waals surface area contributed by atoms with Gasteiger partial charge in [0.25, 0.3) is 5.91 Å². The van der Waals surface area contributed by atoms with Gasteiger partial charge in [0.15, 0.2) is 12.2 Å². The van der Waals surface area contributed by atoms with Crippen LogP contribution < -0.4 is 4.90 Å². The van der Waals surface area contributed by atoms with Gasteiger partial charge in [-0.25, -0.2) is 9.79 Å². The number of nitrogens with zero attached hydrogens (tertiary/aromatic N) is 5. The van der Waals surface area contributed by atoms with E-state index in [1.807, 2.05) is 11.8 Å². The molecule has 4 rings (SSSR count). The number of aliphatic imine (C=N–C) groups is 1. The van der Waals surface area contributed by atoms with Crippen molar-refractivity contribution in [3.8, 4) is 0 Å². The van der Waals surface area contributed by atoms with E-state index in [1.165, 1.54) is 10.5 Å². The average molecular weight is 353 g/mol. The topological polar surface area (TPSA) is 59.5 Å². The molecule has 7 heteroatoms. The molecular formula is C19H23N5O2. The third kappa shape index (κ3) is 2.38. The summed E-state index contributed by atoms with van der Waals surface area (Å²) in [5.74, 6) is 0.583. The van der Waals surface area contributed by atoms with Gasteiger partial charge in [-0.05, 0) is 26.0 Å². The number of benzene rings is 1. The fourth-order valence-corrected chi connectivity index (χ4v) is 3.82. The minimum Gasteiger partial charge on any atom is -0.325 e. The Morgan fingerprint density at radius 2 is 1.92 bits per heavy atom. The highest BCUT2D eigenvalue weighted by atomic mass is 16.2. The van der Waals surface area contributed by atoms with Crippen LogP contribution in [-0.4, -0.2) is 71.5 Å². The van der Waals surface area contributed by atoms with Crippen molar-refractivity contribution in [2.24, 2.45) is 4.99 Å². The summed E-state index contributed by atoms with van der Waals surface area (Å²) < 4.78 is 0. The number of rotatable bonds is 3. The zero-order valence-electron chi connectivity index (χ0n) is 15.3. The number of guanidine groups is 1. The molecule has 2 saturated heterocycles. The zero-order valence-corrected chi connectivity index (χ0v) is 15.3. The normalized spacial score (nSPS) is 24.8. The van der Waals surface area contributed by atoms with E-state index in [9.17, 15) is 9.59 Å². The first-order valence-corrected chi connectivity index (χ1v) is 8.79. The van der Waals surface area contributed by atoms with Crippen LogP contribution >= 0.6 is 0 Å². The zero-order chi connectivity index (χ0) is 18.6. The Morgan fingerprint density at radius 3 is 2.58 bits per heavy atom. The molecule has 2 atom stereocenters. The molecule has 0 saturated carbocycles. The first-order chi connectivity index (χ1) is 12.4. The molecule has 0 spiro atoms. The number of carbonyl (C=O) groups is 2. The number of fused-ring (bicyclic) bond motifs is 3. The second-order valence-corrected chi connectivity index (χ2v) is 7.24. The predicted molar refractivity (Wildman–Crippen MR) is 99.9 cm³/mol. The summed E-state index contributed by atoms with van der Waals surface area (Å²) in [7, 11) is 1.71. The quantitative estimate of drug-likeness (QED) is 0.776. The fourth-order valence-electron chi connectivity index (χ4n) is 3.82. The lowest BCUT2D eigenvalue weighted by Crippen LogP contribution is -2.65. The Bertz CT molecular complexity index is 816. The molecule has 1 aromatic rings. The molecule has 0 bridgehead atoms. The van der Waals surface area contributed by atoms with Gasteiger partial charge in [-0.15, -0.1) is 0 Å². The lowest BCUT2D eigenvalue weighted by atomic mass is 10.1. The first kappa shape index (κ1) is 16.6. The van der Waals surface area contributed by atoms with Crippen molar-refractivity contribution in [3.63, 3.8) is 0 Å². The molecule has 7 nitrogen and oxygen atoms in total. The van der Waals surface area contributed by atoms with Gasteiger partial charge in [0.2, 0.25) is 5.96 Å². The van der Waals surface area contributed by atoms with E-state index < -0.39 is 12.2 Å². The van der Waals surface area contributed by atoms with Crippen molar-refractivity contribution in [1.82, 2.24) is 14.7 Å². The summed E-state index contributed by atoms with van der Waals surface area (Å²) in [4.78, 5) is 37.4. The summed E-state index contributed by atoms with van der Waals surface area (Å²) in [6, 6.07) is 7.49. The van der Waals surface area contributed by atoms with Gasteiger partial charge in [-0.1, -0.05) is 29.8 Å². The van der Waals surface area contributed by atoms with Gasteiger partial charge < -0.3 is 14.7 Å². The van der Waals surface area contributed by atoms with Gasteiger partial charge in [0.05, 0.1) is 6.54 Å². The predicted octanol–water partition coefficient (Wildman–Crippen LogP) is 1.65. The van der Waals surface area contributed by atoms with Crippen molar-refractivity contribution < 1.29 is 9.59 Å². The van der Waals surface area contributed by atoms with E-state index in [-0.39, 0.29) is 18.5 Å². The van der Waals surface area contributed by atoms with Crippen LogP contribution in [-0.2, 0) is 4.79 Å². The lowest BCUT2D eigenvalue weighted by molar-refractivity contribution is -0.136. The van der Waals surface area contributed by atoms with Crippen molar-refractivity contribution in [2.75, 3.05) is 31.6 Å². The molecule has 0 aromatic heterocycles. The summed E-state index contributed by atoms with van der Waals surface area (Å²) in [6.07, 6.45) is -0.473. The number of urea groups is 1. The standard InChI is InChI=1S/C19H23N5O2/c1-12(2)11-24-17(25)15-16(21(4)19(24)26)20-18-22(9-10-23(15)18)14-7-5-13(3)6-8-14/h5-8,15-16H,1,9-11H2,2-4H3. The van der Waals surface area contributed by atoms with Crippen LogP contribution in [0.4, 0.5) is 10.5 Å². The smallest absolute Gasteiger partial charge is 0.325 e. The highest BCUT2D eigenvalue weighted by molar-refractivity contribution is 6.08. The number of likely N-dealkylation sites (N-methyl/N-ethyl adjacent to an activating group) is 1. The third-order valence-electron chi connectivity index (χ3n) is 5.15. The van der Waals surface area contributed by atoms with E-state index in [0.29, 0.717) is 6.54 Å². The number of hydrogen-bond acceptors (Lipinski definition) is 5.